The largest absolute Gasteiger partial charge is 0.466 e. The van der Waals surface area contributed by atoms with E-state index in [-0.39, 0.29) is 17.1 Å². The summed E-state index contributed by atoms with van der Waals surface area (Å²) in [6.07, 6.45) is 2.39. The van der Waals surface area contributed by atoms with Crippen molar-refractivity contribution < 1.29 is 14.3 Å². The van der Waals surface area contributed by atoms with E-state index < -0.39 is 0 Å². The van der Waals surface area contributed by atoms with Crippen molar-refractivity contribution >= 4 is 23.0 Å². The van der Waals surface area contributed by atoms with E-state index in [1.54, 1.807) is 19.0 Å². The number of fused-ring (bicyclic) bond motifs is 1. The fourth-order valence-corrected chi connectivity index (χ4v) is 3.29. The topological polar surface area (TPSA) is 46.6 Å². The number of aryl methyl sites for hydroxylation is 1. The van der Waals surface area contributed by atoms with Crippen LogP contribution in [0.2, 0.25) is 0 Å². The van der Waals surface area contributed by atoms with Crippen LogP contribution >= 0.6 is 11.8 Å². The molecule has 2 rings (SSSR count). The lowest BCUT2D eigenvalue weighted by Gasteiger charge is -2.12. The lowest BCUT2D eigenvalue weighted by molar-refractivity contribution is -0.143. The quantitative estimate of drug-likeness (QED) is 0.631. The summed E-state index contributed by atoms with van der Waals surface area (Å²) >= 11 is 1.24. The summed E-state index contributed by atoms with van der Waals surface area (Å²) in [4.78, 5) is 25.9. The molecule has 0 aromatic heterocycles. The Morgan fingerprint density at radius 2 is 2.14 bits per heavy atom. The van der Waals surface area contributed by atoms with E-state index in [9.17, 15) is 9.59 Å². The number of nitrogens with zero attached hydrogens (tertiary/aromatic N) is 1. The Bertz CT molecular complexity index is 542. The predicted molar refractivity (Wildman–Crippen MR) is 83.7 cm³/mol. The van der Waals surface area contributed by atoms with Crippen molar-refractivity contribution in [3.63, 3.8) is 0 Å². The Labute approximate surface area is 129 Å². The van der Waals surface area contributed by atoms with Gasteiger partial charge in [0.1, 0.15) is 0 Å². The van der Waals surface area contributed by atoms with Gasteiger partial charge in [-0.05, 0) is 60.7 Å². The molecule has 5 heteroatoms. The van der Waals surface area contributed by atoms with Crippen molar-refractivity contribution in [3.8, 4) is 0 Å². The van der Waals surface area contributed by atoms with E-state index in [1.165, 1.54) is 22.9 Å². The average molecular weight is 307 g/mol. The number of carbonyl (C=O) groups is 2. The Balaban J connectivity index is 2.06. The number of hydrogen-bond donors (Lipinski definition) is 0. The lowest BCUT2D eigenvalue weighted by Crippen LogP contribution is -2.16. The molecule has 21 heavy (non-hydrogen) atoms. The molecule has 0 saturated carbocycles. The highest BCUT2D eigenvalue weighted by atomic mass is 32.2. The Kier molecular flexibility index (Phi) is 5.28. The van der Waals surface area contributed by atoms with Gasteiger partial charge in [0.05, 0.1) is 13.0 Å². The van der Waals surface area contributed by atoms with Gasteiger partial charge in [0, 0.05) is 19.0 Å². The Morgan fingerprint density at radius 3 is 2.81 bits per heavy atom. The molecule has 0 bridgehead atoms. The first kappa shape index (κ1) is 15.9. The van der Waals surface area contributed by atoms with Gasteiger partial charge >= 0.3 is 5.97 Å². The van der Waals surface area contributed by atoms with Crippen LogP contribution in [0.4, 0.5) is 4.79 Å². The second kappa shape index (κ2) is 6.98. The monoisotopic (exact) mass is 307 g/mol. The Hall–Kier alpha value is -1.49. The summed E-state index contributed by atoms with van der Waals surface area (Å²) in [6.45, 7) is 2.26. The maximum absolute atomic E-state index is 11.7. The minimum absolute atomic E-state index is 0.0241. The maximum Gasteiger partial charge on any atom is 0.306 e. The lowest BCUT2D eigenvalue weighted by atomic mass is 9.98. The van der Waals surface area contributed by atoms with E-state index in [0.29, 0.717) is 13.0 Å². The molecule has 1 aromatic rings. The van der Waals surface area contributed by atoms with Gasteiger partial charge in [-0.1, -0.05) is 6.07 Å². The molecular weight excluding hydrogens is 286 g/mol. The van der Waals surface area contributed by atoms with E-state index in [0.717, 1.165) is 17.7 Å². The molecule has 4 nitrogen and oxygen atoms in total. The van der Waals surface area contributed by atoms with Crippen LogP contribution < -0.4 is 0 Å². The van der Waals surface area contributed by atoms with Gasteiger partial charge in [-0.3, -0.25) is 9.59 Å². The van der Waals surface area contributed by atoms with Crippen molar-refractivity contribution in [1.29, 1.82) is 0 Å². The SMILES string of the molecule is CCOC(=O)C[C@@H]1CCc2cc(SC(=O)N(C)C)ccc21. The Morgan fingerprint density at radius 1 is 1.38 bits per heavy atom. The molecule has 0 spiro atoms. The van der Waals surface area contributed by atoms with E-state index in [4.69, 9.17) is 4.74 Å². The van der Waals surface area contributed by atoms with Crippen LogP contribution in [0, 0.1) is 0 Å². The minimum atomic E-state index is -0.128. The van der Waals surface area contributed by atoms with E-state index in [2.05, 4.69) is 12.1 Å². The van der Waals surface area contributed by atoms with Crippen molar-refractivity contribution in [2.45, 2.75) is 37.0 Å². The smallest absolute Gasteiger partial charge is 0.306 e. The van der Waals surface area contributed by atoms with Crippen LogP contribution in [0.5, 0.6) is 0 Å². The van der Waals surface area contributed by atoms with Gasteiger partial charge in [0.15, 0.2) is 0 Å². The third-order valence-electron chi connectivity index (χ3n) is 3.61. The molecule has 0 fully saturated rings. The zero-order chi connectivity index (χ0) is 15.4. The molecule has 1 aliphatic rings. The van der Waals surface area contributed by atoms with Gasteiger partial charge < -0.3 is 9.64 Å². The molecule has 0 saturated heterocycles. The molecule has 1 aliphatic carbocycles. The van der Waals surface area contributed by atoms with Crippen molar-refractivity contribution in [1.82, 2.24) is 4.90 Å². The van der Waals surface area contributed by atoms with Crippen LogP contribution in [-0.4, -0.2) is 36.8 Å². The molecule has 0 N–H and O–H groups in total. The van der Waals surface area contributed by atoms with Crippen LogP contribution in [0.25, 0.3) is 0 Å². The summed E-state index contributed by atoms with van der Waals surface area (Å²) < 4.78 is 5.03. The summed E-state index contributed by atoms with van der Waals surface area (Å²) in [5.41, 5.74) is 2.48. The zero-order valence-corrected chi connectivity index (χ0v) is 13.5. The molecule has 1 atom stereocenters. The van der Waals surface area contributed by atoms with E-state index >= 15 is 0 Å². The second-order valence-electron chi connectivity index (χ2n) is 5.37. The van der Waals surface area contributed by atoms with Crippen molar-refractivity contribution in [3.05, 3.63) is 29.3 Å². The number of ether oxygens (including phenoxy) is 1. The number of hydrogen-bond acceptors (Lipinski definition) is 4. The van der Waals surface area contributed by atoms with E-state index in [1.807, 2.05) is 13.0 Å². The van der Waals surface area contributed by atoms with Gasteiger partial charge in [0.2, 0.25) is 0 Å². The molecule has 0 unspecified atom stereocenters. The second-order valence-corrected chi connectivity index (χ2v) is 6.39. The molecule has 1 aromatic carbocycles. The van der Waals surface area contributed by atoms with Gasteiger partial charge in [-0.25, -0.2) is 0 Å². The number of amides is 1. The third-order valence-corrected chi connectivity index (χ3v) is 4.63. The molecule has 0 heterocycles. The highest BCUT2D eigenvalue weighted by Gasteiger charge is 2.25. The zero-order valence-electron chi connectivity index (χ0n) is 12.7. The maximum atomic E-state index is 11.7. The van der Waals surface area contributed by atoms with Gasteiger partial charge in [0.25, 0.3) is 5.24 Å². The highest BCUT2D eigenvalue weighted by molar-refractivity contribution is 8.13. The van der Waals surface area contributed by atoms with Gasteiger partial charge in [-0.2, -0.15) is 0 Å². The van der Waals surface area contributed by atoms with Crippen molar-refractivity contribution in [2.75, 3.05) is 20.7 Å². The molecule has 0 aliphatic heterocycles. The van der Waals surface area contributed by atoms with Crippen LogP contribution in [0.15, 0.2) is 23.1 Å². The van der Waals surface area contributed by atoms with Crippen LogP contribution in [-0.2, 0) is 16.0 Å². The first-order valence-electron chi connectivity index (χ1n) is 7.18. The standard InChI is InChI=1S/C16H21NO3S/c1-4-20-15(18)10-12-6-5-11-9-13(7-8-14(11)12)21-16(19)17(2)3/h7-9,12H,4-6,10H2,1-3H3/t12-/m0/s1. The minimum Gasteiger partial charge on any atom is -0.466 e. The third kappa shape index (κ3) is 4.00. The molecule has 1 amide bonds. The van der Waals surface area contributed by atoms with Crippen LogP contribution in [0.3, 0.4) is 0 Å². The number of benzene rings is 1. The number of esters is 1. The number of rotatable bonds is 4. The van der Waals surface area contributed by atoms with Gasteiger partial charge in [-0.15, -0.1) is 0 Å². The summed E-state index contributed by atoms with van der Waals surface area (Å²) in [6, 6.07) is 6.10. The molecule has 0 radical (unpaired) electrons. The molecular formula is C16H21NO3S. The normalized spacial score (nSPS) is 16.4. The fraction of sp³-hybridized carbons (Fsp3) is 0.500. The molecule has 114 valence electrons. The fourth-order valence-electron chi connectivity index (χ4n) is 2.57. The summed E-state index contributed by atoms with van der Waals surface area (Å²) in [5.74, 6) is 0.124. The van der Waals surface area contributed by atoms with Crippen LogP contribution in [0.1, 0.15) is 36.8 Å². The summed E-state index contributed by atoms with van der Waals surface area (Å²) in [5, 5.41) is 0.0241. The first-order valence-corrected chi connectivity index (χ1v) is 8.00. The highest BCUT2D eigenvalue weighted by Crippen LogP contribution is 2.37. The van der Waals surface area contributed by atoms with Crippen molar-refractivity contribution in [2.24, 2.45) is 0 Å². The number of carbonyl (C=O) groups excluding carboxylic acids is 2. The average Bonchev–Trinajstić information content (AvgIpc) is 2.81. The predicted octanol–water partition coefficient (Wildman–Crippen LogP) is 3.44. The first-order chi connectivity index (χ1) is 10.0. The summed E-state index contributed by atoms with van der Waals surface area (Å²) in [7, 11) is 3.50. The number of thioether (sulfide) groups is 1.